The fourth-order valence-corrected chi connectivity index (χ4v) is 7.08. The van der Waals surface area contributed by atoms with Crippen LogP contribution in [0.5, 0.6) is 0 Å². The highest BCUT2D eigenvalue weighted by molar-refractivity contribution is 7.99. The van der Waals surface area contributed by atoms with E-state index in [1.807, 2.05) is 0 Å². The van der Waals surface area contributed by atoms with Crippen LogP contribution in [-0.2, 0) is 24.1 Å². The molecule has 1 amide bonds. The van der Waals surface area contributed by atoms with E-state index < -0.39 is 0 Å². The van der Waals surface area contributed by atoms with Gasteiger partial charge in [-0.1, -0.05) is 31.5 Å². The van der Waals surface area contributed by atoms with Gasteiger partial charge in [-0.25, -0.2) is 0 Å². The Labute approximate surface area is 207 Å². The van der Waals surface area contributed by atoms with E-state index in [-0.39, 0.29) is 17.7 Å². The van der Waals surface area contributed by atoms with Gasteiger partial charge in [-0.15, -0.1) is 32.9 Å². The monoisotopic (exact) mass is 499 g/mol. The Morgan fingerprint density at radius 1 is 1.27 bits per heavy atom. The van der Waals surface area contributed by atoms with Gasteiger partial charge in [-0.2, -0.15) is 5.26 Å². The van der Waals surface area contributed by atoms with Crippen LogP contribution >= 0.6 is 34.4 Å². The lowest BCUT2D eigenvalue weighted by Gasteiger charge is -2.13. The van der Waals surface area contributed by atoms with Gasteiger partial charge in [0.1, 0.15) is 11.1 Å². The van der Waals surface area contributed by atoms with Gasteiger partial charge < -0.3 is 5.32 Å². The molecule has 0 spiro atoms. The molecular formula is C24H29N5OS3. The van der Waals surface area contributed by atoms with Crippen LogP contribution in [0.2, 0.25) is 0 Å². The number of fused-ring (bicyclic) bond motifs is 1. The summed E-state index contributed by atoms with van der Waals surface area (Å²) in [6.45, 7) is 6.35. The lowest BCUT2D eigenvalue weighted by Crippen LogP contribution is -2.15. The first-order chi connectivity index (χ1) is 16.0. The van der Waals surface area contributed by atoms with Gasteiger partial charge >= 0.3 is 0 Å². The number of amides is 1. The topological polar surface area (TPSA) is 83.6 Å². The Kier molecular flexibility index (Phi) is 7.89. The fraction of sp³-hybridized carbons (Fsp3) is 0.500. The van der Waals surface area contributed by atoms with E-state index in [0.29, 0.717) is 10.6 Å². The summed E-state index contributed by atoms with van der Waals surface area (Å²) in [4.78, 5) is 15.4. The van der Waals surface area contributed by atoms with E-state index in [2.05, 4.69) is 58.4 Å². The summed E-state index contributed by atoms with van der Waals surface area (Å²) in [6.07, 6.45) is 7.64. The average molecular weight is 500 g/mol. The van der Waals surface area contributed by atoms with E-state index in [0.717, 1.165) is 54.2 Å². The van der Waals surface area contributed by atoms with Crippen LogP contribution in [0.1, 0.15) is 73.4 Å². The van der Waals surface area contributed by atoms with Crippen LogP contribution in [0, 0.1) is 11.3 Å². The standard InChI is InChI=1S/C24H29N5OS3/c1-4-17-11-16(13-31-17)22-27-28-24(29(22)15(2)3)32-14-21(30)26-23-19(12-25)18-9-7-5-6-8-10-20(18)33-23/h11,13,15H,4-10,14H2,1-3H3,(H,26,30). The Morgan fingerprint density at radius 3 is 2.76 bits per heavy atom. The molecule has 0 saturated heterocycles. The van der Waals surface area contributed by atoms with Crippen molar-refractivity contribution >= 4 is 45.3 Å². The molecule has 0 atom stereocenters. The van der Waals surface area contributed by atoms with Crippen LogP contribution in [0.15, 0.2) is 16.6 Å². The number of hydrogen-bond donors (Lipinski definition) is 1. The zero-order valence-electron chi connectivity index (χ0n) is 19.3. The molecule has 174 valence electrons. The third-order valence-electron chi connectivity index (χ3n) is 5.81. The Hall–Kier alpha value is -2.15. The normalized spacial score (nSPS) is 13.9. The summed E-state index contributed by atoms with van der Waals surface area (Å²) >= 11 is 4.70. The van der Waals surface area contributed by atoms with Crippen LogP contribution in [-0.4, -0.2) is 26.4 Å². The molecule has 0 aromatic carbocycles. The van der Waals surface area contributed by atoms with Crippen molar-refractivity contribution in [1.29, 1.82) is 5.26 Å². The van der Waals surface area contributed by atoms with Crippen molar-refractivity contribution in [2.24, 2.45) is 0 Å². The van der Waals surface area contributed by atoms with Gasteiger partial charge in [0.2, 0.25) is 5.91 Å². The lowest BCUT2D eigenvalue weighted by atomic mass is 9.97. The molecule has 0 saturated carbocycles. The quantitative estimate of drug-likeness (QED) is 0.377. The molecule has 1 aliphatic carbocycles. The number of thiophene rings is 2. The highest BCUT2D eigenvalue weighted by atomic mass is 32.2. The molecule has 0 unspecified atom stereocenters. The van der Waals surface area contributed by atoms with Crippen LogP contribution < -0.4 is 5.32 Å². The molecule has 3 aromatic heterocycles. The molecule has 4 rings (SSSR count). The first kappa shape index (κ1) is 24.0. The van der Waals surface area contributed by atoms with Gasteiger partial charge in [0.25, 0.3) is 0 Å². The second kappa shape index (κ2) is 10.9. The summed E-state index contributed by atoms with van der Waals surface area (Å²) in [5.41, 5.74) is 2.88. The largest absolute Gasteiger partial charge is 0.316 e. The highest BCUT2D eigenvalue weighted by Crippen LogP contribution is 2.37. The van der Waals surface area contributed by atoms with E-state index in [1.165, 1.54) is 34.4 Å². The average Bonchev–Trinajstić information content (AvgIpc) is 3.49. The van der Waals surface area contributed by atoms with Gasteiger partial charge in [-0.3, -0.25) is 9.36 Å². The molecule has 1 aliphatic rings. The molecule has 6 nitrogen and oxygen atoms in total. The third-order valence-corrected chi connectivity index (χ3v) is 9.04. The molecular weight excluding hydrogens is 470 g/mol. The number of carbonyl (C=O) groups is 1. The Balaban J connectivity index is 1.47. The number of hydrogen-bond acceptors (Lipinski definition) is 7. The van der Waals surface area contributed by atoms with Gasteiger partial charge in [0.15, 0.2) is 11.0 Å². The summed E-state index contributed by atoms with van der Waals surface area (Å²) < 4.78 is 2.09. The summed E-state index contributed by atoms with van der Waals surface area (Å²) in [5, 5.41) is 25.1. The van der Waals surface area contributed by atoms with Gasteiger partial charge in [0, 0.05) is 26.7 Å². The number of aryl methyl sites for hydroxylation is 2. The van der Waals surface area contributed by atoms with E-state index >= 15 is 0 Å². The summed E-state index contributed by atoms with van der Waals surface area (Å²) in [5.74, 6) is 0.949. The van der Waals surface area contributed by atoms with Crippen molar-refractivity contribution in [3.63, 3.8) is 0 Å². The predicted octanol–water partition coefficient (Wildman–Crippen LogP) is 6.47. The molecule has 9 heteroatoms. The number of carbonyl (C=O) groups excluding carboxylic acids is 1. The number of nitrogens with one attached hydrogen (secondary N) is 1. The minimum atomic E-state index is -0.116. The second-order valence-corrected chi connectivity index (χ2v) is 11.5. The van der Waals surface area contributed by atoms with E-state index in [9.17, 15) is 10.1 Å². The zero-order valence-corrected chi connectivity index (χ0v) is 21.8. The number of thioether (sulfide) groups is 1. The number of nitrogens with zero attached hydrogens (tertiary/aromatic N) is 4. The molecule has 1 N–H and O–H groups in total. The molecule has 3 aromatic rings. The van der Waals surface area contributed by atoms with Gasteiger partial charge in [0.05, 0.1) is 11.3 Å². The Bertz CT molecular complexity index is 1170. The fourth-order valence-electron chi connectivity index (χ4n) is 4.14. The number of aromatic nitrogens is 3. The molecule has 0 bridgehead atoms. The van der Waals surface area contributed by atoms with Gasteiger partial charge in [-0.05, 0) is 57.6 Å². The third kappa shape index (κ3) is 5.34. The summed E-state index contributed by atoms with van der Waals surface area (Å²) in [7, 11) is 0. The van der Waals surface area contributed by atoms with Crippen LogP contribution in [0.4, 0.5) is 5.00 Å². The van der Waals surface area contributed by atoms with Crippen molar-refractivity contribution in [2.75, 3.05) is 11.1 Å². The van der Waals surface area contributed by atoms with E-state index in [4.69, 9.17) is 0 Å². The van der Waals surface area contributed by atoms with Crippen molar-refractivity contribution < 1.29 is 4.79 Å². The summed E-state index contributed by atoms with van der Waals surface area (Å²) in [6, 6.07) is 4.69. The second-order valence-electron chi connectivity index (χ2n) is 8.50. The number of rotatable bonds is 7. The predicted molar refractivity (Wildman–Crippen MR) is 137 cm³/mol. The smallest absolute Gasteiger partial charge is 0.235 e. The molecule has 33 heavy (non-hydrogen) atoms. The first-order valence-corrected chi connectivity index (χ1v) is 14.2. The van der Waals surface area contributed by atoms with E-state index in [1.54, 1.807) is 22.7 Å². The highest BCUT2D eigenvalue weighted by Gasteiger charge is 2.22. The minimum Gasteiger partial charge on any atom is -0.316 e. The SMILES string of the molecule is CCc1cc(-c2nnc(SCC(=O)Nc3sc4c(c3C#N)CCCCCC4)n2C(C)C)cs1. The molecule has 3 heterocycles. The maximum atomic E-state index is 12.8. The molecule has 0 fully saturated rings. The lowest BCUT2D eigenvalue weighted by molar-refractivity contribution is -0.113. The first-order valence-electron chi connectivity index (χ1n) is 11.5. The number of anilines is 1. The zero-order chi connectivity index (χ0) is 23.4. The van der Waals surface area contributed by atoms with Crippen molar-refractivity contribution in [3.8, 4) is 17.5 Å². The van der Waals surface area contributed by atoms with Crippen LogP contribution in [0.25, 0.3) is 11.4 Å². The maximum absolute atomic E-state index is 12.8. The maximum Gasteiger partial charge on any atom is 0.235 e. The number of nitriles is 1. The van der Waals surface area contributed by atoms with Crippen molar-refractivity contribution in [3.05, 3.63) is 32.3 Å². The van der Waals surface area contributed by atoms with Crippen LogP contribution in [0.3, 0.4) is 0 Å². The minimum absolute atomic E-state index is 0.116. The molecule has 0 radical (unpaired) electrons. The van der Waals surface area contributed by atoms with Crippen molar-refractivity contribution in [2.45, 2.75) is 76.9 Å². The van der Waals surface area contributed by atoms with Crippen molar-refractivity contribution in [1.82, 2.24) is 14.8 Å². The molecule has 0 aliphatic heterocycles. The Morgan fingerprint density at radius 2 is 2.06 bits per heavy atom.